The van der Waals surface area contributed by atoms with Crippen molar-refractivity contribution < 1.29 is 5.11 Å². The van der Waals surface area contributed by atoms with Crippen molar-refractivity contribution in [2.75, 3.05) is 0 Å². The molecule has 0 saturated heterocycles. The Hall–Kier alpha value is -2.46. The lowest BCUT2D eigenvalue weighted by molar-refractivity contribution is 0.152. The summed E-state index contributed by atoms with van der Waals surface area (Å²) in [5, 5.41) is 10.7. The summed E-state index contributed by atoms with van der Waals surface area (Å²) in [6.45, 7) is 1.93. The third-order valence-corrected chi connectivity index (χ3v) is 4.45. The standard InChI is InChI=1S/C18H17N3O/c1-12-13(7-4-8-20-12)18(22)9-16-14-5-2-3-6-15(14)17-10-19-11-21(16)17/h2-8,10-11,16,18,22H,9H2,1H3. The third-order valence-electron chi connectivity index (χ3n) is 4.45. The van der Waals surface area contributed by atoms with Crippen molar-refractivity contribution in [2.24, 2.45) is 0 Å². The molecule has 4 heteroatoms. The van der Waals surface area contributed by atoms with E-state index < -0.39 is 6.10 Å². The van der Waals surface area contributed by atoms with Crippen LogP contribution in [0.15, 0.2) is 55.1 Å². The third kappa shape index (κ3) is 1.96. The van der Waals surface area contributed by atoms with Crippen LogP contribution >= 0.6 is 0 Å². The second-order valence-electron chi connectivity index (χ2n) is 5.72. The van der Waals surface area contributed by atoms with Crippen LogP contribution < -0.4 is 0 Å². The van der Waals surface area contributed by atoms with E-state index in [4.69, 9.17) is 0 Å². The lowest BCUT2D eigenvalue weighted by Crippen LogP contribution is -2.11. The minimum atomic E-state index is -0.542. The van der Waals surface area contributed by atoms with Gasteiger partial charge in [0, 0.05) is 29.4 Å². The van der Waals surface area contributed by atoms with Gasteiger partial charge in [0.25, 0.3) is 0 Å². The summed E-state index contributed by atoms with van der Waals surface area (Å²) >= 11 is 0. The largest absolute Gasteiger partial charge is 0.388 e. The molecule has 0 saturated carbocycles. The number of fused-ring (bicyclic) bond motifs is 3. The van der Waals surface area contributed by atoms with E-state index in [1.165, 1.54) is 11.1 Å². The highest BCUT2D eigenvalue weighted by atomic mass is 16.3. The van der Waals surface area contributed by atoms with Crippen LogP contribution in [0.2, 0.25) is 0 Å². The van der Waals surface area contributed by atoms with E-state index in [0.717, 1.165) is 17.0 Å². The highest BCUT2D eigenvalue weighted by Gasteiger charge is 2.30. The minimum Gasteiger partial charge on any atom is -0.388 e. The van der Waals surface area contributed by atoms with Gasteiger partial charge in [-0.1, -0.05) is 30.3 Å². The van der Waals surface area contributed by atoms with Crippen LogP contribution in [0.3, 0.4) is 0 Å². The van der Waals surface area contributed by atoms with Crippen molar-refractivity contribution in [3.05, 3.63) is 71.9 Å². The smallest absolute Gasteiger partial charge is 0.0956 e. The molecular weight excluding hydrogens is 274 g/mol. The monoisotopic (exact) mass is 291 g/mol. The highest BCUT2D eigenvalue weighted by molar-refractivity contribution is 5.68. The average Bonchev–Trinajstić information content (AvgIpc) is 3.11. The molecule has 1 aliphatic rings. The van der Waals surface area contributed by atoms with Crippen LogP contribution in [0.1, 0.15) is 35.4 Å². The first-order valence-corrected chi connectivity index (χ1v) is 7.46. The number of pyridine rings is 1. The quantitative estimate of drug-likeness (QED) is 0.805. The number of rotatable bonds is 3. The van der Waals surface area contributed by atoms with E-state index >= 15 is 0 Å². The highest BCUT2D eigenvalue weighted by Crippen LogP contribution is 2.42. The predicted molar refractivity (Wildman–Crippen MR) is 84.4 cm³/mol. The van der Waals surface area contributed by atoms with E-state index in [-0.39, 0.29) is 6.04 Å². The van der Waals surface area contributed by atoms with E-state index in [9.17, 15) is 5.11 Å². The van der Waals surface area contributed by atoms with Crippen LogP contribution in [0, 0.1) is 6.92 Å². The first-order valence-electron chi connectivity index (χ1n) is 7.46. The van der Waals surface area contributed by atoms with Crippen LogP contribution in [0.4, 0.5) is 0 Å². The molecule has 4 rings (SSSR count). The van der Waals surface area contributed by atoms with Gasteiger partial charge in [0.05, 0.1) is 30.4 Å². The average molecular weight is 291 g/mol. The summed E-state index contributed by atoms with van der Waals surface area (Å²) < 4.78 is 2.15. The Kier molecular flexibility index (Phi) is 3.05. The van der Waals surface area contributed by atoms with Crippen LogP contribution in [-0.2, 0) is 0 Å². The van der Waals surface area contributed by atoms with E-state index in [2.05, 4.69) is 26.7 Å². The molecular formula is C18H17N3O. The second-order valence-corrected chi connectivity index (χ2v) is 5.72. The van der Waals surface area contributed by atoms with E-state index in [1.807, 2.05) is 43.7 Å². The zero-order valence-electron chi connectivity index (χ0n) is 12.3. The first kappa shape index (κ1) is 13.2. The molecule has 0 radical (unpaired) electrons. The van der Waals surface area contributed by atoms with E-state index in [1.54, 1.807) is 6.20 Å². The molecule has 2 aromatic heterocycles. The van der Waals surface area contributed by atoms with Crippen LogP contribution in [-0.4, -0.2) is 19.6 Å². The molecule has 0 aliphatic carbocycles. The number of imidazole rings is 1. The molecule has 2 unspecified atom stereocenters. The second kappa shape index (κ2) is 5.07. The van der Waals surface area contributed by atoms with Crippen molar-refractivity contribution in [2.45, 2.75) is 25.5 Å². The zero-order chi connectivity index (χ0) is 15.1. The Morgan fingerprint density at radius 2 is 2.09 bits per heavy atom. The number of aliphatic hydroxyl groups excluding tert-OH is 1. The SMILES string of the molecule is Cc1ncccc1C(O)CC1c2ccccc2-c2cncn21. The Morgan fingerprint density at radius 3 is 2.95 bits per heavy atom. The predicted octanol–water partition coefficient (Wildman–Crippen LogP) is 3.28. The van der Waals surface area contributed by atoms with Crippen molar-refractivity contribution in [3.63, 3.8) is 0 Å². The number of hydrogen-bond donors (Lipinski definition) is 1. The molecule has 0 amide bonds. The molecule has 110 valence electrons. The van der Waals surface area contributed by atoms with Gasteiger partial charge in [0.1, 0.15) is 0 Å². The van der Waals surface area contributed by atoms with Gasteiger partial charge in [-0.05, 0) is 18.6 Å². The van der Waals surface area contributed by atoms with Crippen LogP contribution in [0.25, 0.3) is 11.3 Å². The maximum Gasteiger partial charge on any atom is 0.0956 e. The van der Waals surface area contributed by atoms with Gasteiger partial charge in [-0.25, -0.2) is 4.98 Å². The Balaban J connectivity index is 1.71. The number of hydrogen-bond acceptors (Lipinski definition) is 3. The normalized spacial score (nSPS) is 17.1. The molecule has 0 fully saturated rings. The fraction of sp³-hybridized carbons (Fsp3) is 0.222. The maximum absolute atomic E-state index is 10.7. The number of benzene rings is 1. The molecule has 0 bridgehead atoms. The van der Waals surface area contributed by atoms with Crippen molar-refractivity contribution in [1.82, 2.24) is 14.5 Å². The fourth-order valence-electron chi connectivity index (χ4n) is 3.36. The molecule has 3 aromatic rings. The molecule has 1 aliphatic heterocycles. The molecule has 2 atom stereocenters. The van der Waals surface area contributed by atoms with Crippen molar-refractivity contribution in [1.29, 1.82) is 0 Å². The van der Waals surface area contributed by atoms with Gasteiger partial charge in [0.15, 0.2) is 0 Å². The Labute approximate surface area is 129 Å². The number of nitrogens with zero attached hydrogens (tertiary/aromatic N) is 3. The van der Waals surface area contributed by atoms with Gasteiger partial charge < -0.3 is 9.67 Å². The number of aromatic nitrogens is 3. The Bertz CT molecular complexity index is 824. The summed E-state index contributed by atoms with van der Waals surface area (Å²) in [5.74, 6) is 0. The zero-order valence-corrected chi connectivity index (χ0v) is 12.3. The molecule has 1 aromatic carbocycles. The first-order chi connectivity index (χ1) is 10.8. The summed E-state index contributed by atoms with van der Waals surface area (Å²) in [6.07, 6.45) is 5.57. The van der Waals surface area contributed by atoms with Gasteiger partial charge in [0.2, 0.25) is 0 Å². The van der Waals surface area contributed by atoms with Crippen molar-refractivity contribution >= 4 is 0 Å². The molecule has 0 spiro atoms. The van der Waals surface area contributed by atoms with Crippen molar-refractivity contribution in [3.8, 4) is 11.3 Å². The maximum atomic E-state index is 10.7. The molecule has 1 N–H and O–H groups in total. The lowest BCUT2D eigenvalue weighted by Gasteiger charge is -2.20. The summed E-state index contributed by atoms with van der Waals surface area (Å²) in [4.78, 5) is 8.53. The van der Waals surface area contributed by atoms with Gasteiger partial charge in [-0.2, -0.15) is 0 Å². The molecule has 4 nitrogen and oxygen atoms in total. The topological polar surface area (TPSA) is 50.9 Å². The number of aliphatic hydroxyl groups is 1. The summed E-state index contributed by atoms with van der Waals surface area (Å²) in [7, 11) is 0. The van der Waals surface area contributed by atoms with E-state index in [0.29, 0.717) is 6.42 Å². The molecule has 22 heavy (non-hydrogen) atoms. The Morgan fingerprint density at radius 1 is 1.23 bits per heavy atom. The summed E-state index contributed by atoms with van der Waals surface area (Å²) in [6, 6.07) is 12.3. The van der Waals surface area contributed by atoms with Gasteiger partial charge in [-0.15, -0.1) is 0 Å². The van der Waals surface area contributed by atoms with Crippen LogP contribution in [0.5, 0.6) is 0 Å². The van der Waals surface area contributed by atoms with Gasteiger partial charge in [-0.3, -0.25) is 4.98 Å². The van der Waals surface area contributed by atoms with Gasteiger partial charge >= 0.3 is 0 Å². The fourth-order valence-corrected chi connectivity index (χ4v) is 3.36. The number of aryl methyl sites for hydroxylation is 1. The lowest BCUT2D eigenvalue weighted by atomic mass is 9.95. The summed E-state index contributed by atoms with van der Waals surface area (Å²) in [5.41, 5.74) is 5.36. The minimum absolute atomic E-state index is 0.114. The molecule has 3 heterocycles.